The van der Waals surface area contributed by atoms with Gasteiger partial charge in [-0.05, 0) is 20.0 Å². The van der Waals surface area contributed by atoms with Crippen molar-refractivity contribution in [1.29, 1.82) is 0 Å². The molecule has 0 bridgehead atoms. The normalized spacial score (nSPS) is 23.2. The molecule has 1 rings (SSSR count). The summed E-state index contributed by atoms with van der Waals surface area (Å²) >= 11 is 3.36. The van der Waals surface area contributed by atoms with Crippen LogP contribution in [0.2, 0.25) is 0 Å². The molecular weight excluding hydrogens is 232 g/mol. The molecule has 0 saturated carbocycles. The van der Waals surface area contributed by atoms with Crippen LogP contribution in [0.15, 0.2) is 0 Å². The molecule has 1 amide bonds. The van der Waals surface area contributed by atoms with Crippen molar-refractivity contribution in [3.63, 3.8) is 0 Å². The molecule has 0 aromatic heterocycles. The summed E-state index contributed by atoms with van der Waals surface area (Å²) in [5, 5.41) is 0. The van der Waals surface area contributed by atoms with E-state index in [2.05, 4.69) is 34.8 Å². The number of rotatable bonds is 4. The van der Waals surface area contributed by atoms with Crippen LogP contribution in [-0.4, -0.2) is 53.8 Å². The summed E-state index contributed by atoms with van der Waals surface area (Å²) in [6.07, 6.45) is 0.953. The first-order valence-corrected chi connectivity index (χ1v) is 5.68. The third-order valence-corrected chi connectivity index (χ3v) is 3.37. The van der Waals surface area contributed by atoms with Gasteiger partial charge in [0.15, 0.2) is 0 Å². The summed E-state index contributed by atoms with van der Waals surface area (Å²) in [7, 11) is 2.08. The third kappa shape index (κ3) is 2.95. The lowest BCUT2D eigenvalue weighted by Gasteiger charge is -2.20. The zero-order valence-corrected chi connectivity index (χ0v) is 9.88. The van der Waals surface area contributed by atoms with E-state index in [1.807, 2.05) is 4.90 Å². The lowest BCUT2D eigenvalue weighted by molar-refractivity contribution is -0.127. The Bertz CT molecular complexity index is 186. The summed E-state index contributed by atoms with van der Waals surface area (Å²) in [5.41, 5.74) is 0. The van der Waals surface area contributed by atoms with Crippen LogP contribution in [-0.2, 0) is 4.79 Å². The van der Waals surface area contributed by atoms with Crippen molar-refractivity contribution < 1.29 is 4.79 Å². The molecule has 76 valence electrons. The zero-order valence-electron chi connectivity index (χ0n) is 8.29. The predicted octanol–water partition coefficient (Wildman–Crippen LogP) is 0.934. The molecule has 0 radical (unpaired) electrons. The van der Waals surface area contributed by atoms with E-state index in [-0.39, 0.29) is 10.7 Å². The molecule has 0 aromatic rings. The number of alkyl halides is 1. The molecule has 1 saturated heterocycles. The average Bonchev–Trinajstić information content (AvgIpc) is 2.44. The molecule has 1 aliphatic heterocycles. The Labute approximate surface area is 88.2 Å². The van der Waals surface area contributed by atoms with Gasteiger partial charge in [0.25, 0.3) is 0 Å². The van der Waals surface area contributed by atoms with Gasteiger partial charge in [0.2, 0.25) is 5.91 Å². The van der Waals surface area contributed by atoms with Crippen molar-refractivity contribution in [2.45, 2.75) is 18.2 Å². The van der Waals surface area contributed by atoms with Crippen LogP contribution in [0.4, 0.5) is 0 Å². The number of amides is 1. The molecule has 0 spiro atoms. The topological polar surface area (TPSA) is 23.6 Å². The number of carbonyl (C=O) groups excluding carboxylic acids is 1. The van der Waals surface area contributed by atoms with Gasteiger partial charge < -0.3 is 9.80 Å². The second kappa shape index (κ2) is 4.96. The standard InChI is InChI=1S/C9H17BrN2O/c1-3-11(2)6-7-12-5-4-8(10)9(12)13/h8H,3-7H2,1-2H3. The minimum Gasteiger partial charge on any atom is -0.340 e. The van der Waals surface area contributed by atoms with Gasteiger partial charge in [0.1, 0.15) is 0 Å². The highest BCUT2D eigenvalue weighted by Crippen LogP contribution is 2.17. The summed E-state index contributed by atoms with van der Waals surface area (Å²) in [5.74, 6) is 0.254. The lowest BCUT2D eigenvalue weighted by Crippen LogP contribution is -2.35. The molecule has 0 N–H and O–H groups in total. The highest BCUT2D eigenvalue weighted by atomic mass is 79.9. The van der Waals surface area contributed by atoms with E-state index in [1.54, 1.807) is 0 Å². The van der Waals surface area contributed by atoms with E-state index in [0.717, 1.165) is 32.6 Å². The SMILES string of the molecule is CCN(C)CCN1CCC(Br)C1=O. The summed E-state index contributed by atoms with van der Waals surface area (Å²) < 4.78 is 0. The Morgan fingerprint density at radius 3 is 2.85 bits per heavy atom. The average molecular weight is 249 g/mol. The van der Waals surface area contributed by atoms with Crippen LogP contribution in [0, 0.1) is 0 Å². The minimum atomic E-state index is 0.0689. The highest BCUT2D eigenvalue weighted by molar-refractivity contribution is 9.10. The maximum atomic E-state index is 11.5. The summed E-state index contributed by atoms with van der Waals surface area (Å²) in [4.78, 5) is 15.7. The maximum absolute atomic E-state index is 11.5. The lowest BCUT2D eigenvalue weighted by atomic mass is 10.4. The third-order valence-electron chi connectivity index (χ3n) is 2.52. The minimum absolute atomic E-state index is 0.0689. The Morgan fingerprint density at radius 1 is 1.69 bits per heavy atom. The first-order valence-electron chi connectivity index (χ1n) is 4.76. The molecule has 1 unspecified atom stereocenters. The number of halogens is 1. The van der Waals surface area contributed by atoms with Crippen LogP contribution < -0.4 is 0 Å². The fourth-order valence-electron chi connectivity index (χ4n) is 1.37. The number of likely N-dealkylation sites (tertiary alicyclic amines) is 1. The van der Waals surface area contributed by atoms with Gasteiger partial charge >= 0.3 is 0 Å². The second-order valence-corrected chi connectivity index (χ2v) is 4.58. The summed E-state index contributed by atoms with van der Waals surface area (Å²) in [6.45, 7) is 5.92. The first kappa shape index (κ1) is 11.0. The largest absolute Gasteiger partial charge is 0.340 e. The Hall–Kier alpha value is -0.0900. The Morgan fingerprint density at radius 2 is 2.38 bits per heavy atom. The van der Waals surface area contributed by atoms with Crippen molar-refractivity contribution >= 4 is 21.8 Å². The molecule has 1 fully saturated rings. The molecule has 4 heteroatoms. The van der Waals surface area contributed by atoms with Crippen molar-refractivity contribution in [2.75, 3.05) is 33.2 Å². The highest BCUT2D eigenvalue weighted by Gasteiger charge is 2.28. The van der Waals surface area contributed by atoms with Gasteiger partial charge in [-0.2, -0.15) is 0 Å². The van der Waals surface area contributed by atoms with Crippen LogP contribution in [0.3, 0.4) is 0 Å². The Kier molecular flexibility index (Phi) is 4.19. The number of carbonyl (C=O) groups is 1. The molecular formula is C9H17BrN2O. The zero-order chi connectivity index (χ0) is 9.84. The van der Waals surface area contributed by atoms with Crippen LogP contribution in [0.5, 0.6) is 0 Å². The number of nitrogens with zero attached hydrogens (tertiary/aromatic N) is 2. The van der Waals surface area contributed by atoms with Crippen molar-refractivity contribution in [1.82, 2.24) is 9.80 Å². The van der Waals surface area contributed by atoms with E-state index in [1.165, 1.54) is 0 Å². The molecule has 1 heterocycles. The van der Waals surface area contributed by atoms with Gasteiger partial charge in [0.05, 0.1) is 4.83 Å². The predicted molar refractivity (Wildman–Crippen MR) is 57.1 cm³/mol. The van der Waals surface area contributed by atoms with Crippen LogP contribution in [0.1, 0.15) is 13.3 Å². The molecule has 0 aromatic carbocycles. The monoisotopic (exact) mass is 248 g/mol. The number of likely N-dealkylation sites (N-methyl/N-ethyl adjacent to an activating group) is 1. The van der Waals surface area contributed by atoms with E-state index in [4.69, 9.17) is 0 Å². The molecule has 1 atom stereocenters. The summed E-state index contributed by atoms with van der Waals surface area (Å²) in [6, 6.07) is 0. The van der Waals surface area contributed by atoms with Gasteiger partial charge in [-0.25, -0.2) is 0 Å². The smallest absolute Gasteiger partial charge is 0.236 e. The van der Waals surface area contributed by atoms with Crippen LogP contribution >= 0.6 is 15.9 Å². The van der Waals surface area contributed by atoms with Crippen molar-refractivity contribution in [3.8, 4) is 0 Å². The fraction of sp³-hybridized carbons (Fsp3) is 0.889. The first-order chi connectivity index (χ1) is 6.15. The molecule has 0 aliphatic carbocycles. The second-order valence-electron chi connectivity index (χ2n) is 3.48. The molecule has 1 aliphatic rings. The van der Waals surface area contributed by atoms with Gasteiger partial charge in [-0.15, -0.1) is 0 Å². The maximum Gasteiger partial charge on any atom is 0.236 e. The quantitative estimate of drug-likeness (QED) is 0.692. The molecule has 13 heavy (non-hydrogen) atoms. The van der Waals surface area contributed by atoms with E-state index in [9.17, 15) is 4.79 Å². The van der Waals surface area contributed by atoms with Crippen molar-refractivity contribution in [2.24, 2.45) is 0 Å². The molecule has 3 nitrogen and oxygen atoms in total. The van der Waals surface area contributed by atoms with Crippen LogP contribution in [0.25, 0.3) is 0 Å². The fourth-order valence-corrected chi connectivity index (χ4v) is 1.87. The van der Waals surface area contributed by atoms with E-state index < -0.39 is 0 Å². The Balaban J connectivity index is 2.26. The van der Waals surface area contributed by atoms with E-state index in [0.29, 0.717) is 0 Å². The number of hydrogen-bond acceptors (Lipinski definition) is 2. The van der Waals surface area contributed by atoms with Gasteiger partial charge in [-0.1, -0.05) is 22.9 Å². The van der Waals surface area contributed by atoms with E-state index >= 15 is 0 Å². The van der Waals surface area contributed by atoms with Crippen molar-refractivity contribution in [3.05, 3.63) is 0 Å². The number of hydrogen-bond donors (Lipinski definition) is 0. The van der Waals surface area contributed by atoms with Gasteiger partial charge in [-0.3, -0.25) is 4.79 Å². The van der Waals surface area contributed by atoms with Gasteiger partial charge in [0, 0.05) is 19.6 Å².